The Morgan fingerprint density at radius 3 is 2.70 bits per heavy atom. The van der Waals surface area contributed by atoms with Crippen molar-refractivity contribution in [3.63, 3.8) is 0 Å². The second-order valence-electron chi connectivity index (χ2n) is 4.68. The molecule has 108 valence electrons. The van der Waals surface area contributed by atoms with E-state index >= 15 is 0 Å². The number of carbonyl (C=O) groups is 2. The molecule has 1 aromatic rings. The average molecular weight is 281 g/mol. The summed E-state index contributed by atoms with van der Waals surface area (Å²) < 4.78 is 12.8. The highest BCUT2D eigenvalue weighted by molar-refractivity contribution is 5.92. The molecular formula is C13H16FN3O3. The van der Waals surface area contributed by atoms with E-state index in [4.69, 9.17) is 5.11 Å². The first-order chi connectivity index (χ1) is 9.56. The minimum Gasteiger partial charge on any atom is -0.480 e. The van der Waals surface area contributed by atoms with Crippen LogP contribution in [0.2, 0.25) is 0 Å². The molecule has 1 aromatic heterocycles. The fourth-order valence-corrected chi connectivity index (χ4v) is 2.19. The molecule has 0 aliphatic carbocycles. The van der Waals surface area contributed by atoms with Gasteiger partial charge >= 0.3 is 5.97 Å². The Morgan fingerprint density at radius 1 is 1.25 bits per heavy atom. The van der Waals surface area contributed by atoms with Crippen LogP contribution in [0.5, 0.6) is 0 Å². The van der Waals surface area contributed by atoms with E-state index in [1.807, 2.05) is 0 Å². The van der Waals surface area contributed by atoms with Gasteiger partial charge in [0.1, 0.15) is 11.5 Å². The molecule has 0 spiro atoms. The largest absolute Gasteiger partial charge is 0.480 e. The normalized spacial score (nSPS) is 16.8. The van der Waals surface area contributed by atoms with E-state index in [0.717, 1.165) is 6.20 Å². The molecule has 0 saturated carbocycles. The number of nitrogens with zero attached hydrogens (tertiary/aromatic N) is 3. The van der Waals surface area contributed by atoms with E-state index in [0.29, 0.717) is 32.6 Å². The van der Waals surface area contributed by atoms with Gasteiger partial charge in [-0.1, -0.05) is 0 Å². The summed E-state index contributed by atoms with van der Waals surface area (Å²) in [6, 6.07) is 2.56. The molecule has 1 N–H and O–H groups in total. The summed E-state index contributed by atoms with van der Waals surface area (Å²) in [6.45, 7) is 2.14. The molecule has 2 rings (SSSR count). The van der Waals surface area contributed by atoms with E-state index in [2.05, 4.69) is 4.98 Å². The highest BCUT2D eigenvalue weighted by Crippen LogP contribution is 2.08. The van der Waals surface area contributed by atoms with E-state index in [1.165, 1.54) is 12.1 Å². The molecule has 7 heteroatoms. The number of hydrogen-bond acceptors (Lipinski definition) is 4. The van der Waals surface area contributed by atoms with E-state index in [9.17, 15) is 14.0 Å². The first-order valence-corrected chi connectivity index (χ1v) is 6.41. The van der Waals surface area contributed by atoms with Crippen LogP contribution in [0.4, 0.5) is 4.39 Å². The van der Waals surface area contributed by atoms with Gasteiger partial charge in [-0.15, -0.1) is 0 Å². The lowest BCUT2D eigenvalue weighted by Crippen LogP contribution is -2.37. The Kier molecular flexibility index (Phi) is 4.62. The van der Waals surface area contributed by atoms with Gasteiger partial charge in [-0.25, -0.2) is 9.37 Å². The van der Waals surface area contributed by atoms with Crippen LogP contribution >= 0.6 is 0 Å². The van der Waals surface area contributed by atoms with Gasteiger partial charge in [0, 0.05) is 26.2 Å². The Balaban J connectivity index is 1.97. The molecule has 20 heavy (non-hydrogen) atoms. The number of hydrogen-bond donors (Lipinski definition) is 1. The molecule has 0 aromatic carbocycles. The van der Waals surface area contributed by atoms with Crippen molar-refractivity contribution in [3.05, 3.63) is 29.8 Å². The molecule has 1 fully saturated rings. The molecule has 1 saturated heterocycles. The van der Waals surface area contributed by atoms with Crippen molar-refractivity contribution >= 4 is 11.9 Å². The number of aliphatic carboxylic acids is 1. The third kappa shape index (κ3) is 3.74. The van der Waals surface area contributed by atoms with Gasteiger partial charge in [-0.3, -0.25) is 14.5 Å². The molecule has 0 radical (unpaired) electrons. The number of carboxylic acid groups (broad SMARTS) is 1. The highest BCUT2D eigenvalue weighted by atomic mass is 19.1. The lowest BCUT2D eigenvalue weighted by atomic mass is 10.3. The van der Waals surface area contributed by atoms with Crippen molar-refractivity contribution in [2.75, 3.05) is 32.7 Å². The minimum absolute atomic E-state index is 0.0170. The Labute approximate surface area is 115 Å². The Bertz CT molecular complexity index is 492. The maximum absolute atomic E-state index is 12.8. The fourth-order valence-electron chi connectivity index (χ4n) is 2.19. The zero-order valence-corrected chi connectivity index (χ0v) is 11.0. The van der Waals surface area contributed by atoms with Gasteiger partial charge < -0.3 is 10.0 Å². The smallest absolute Gasteiger partial charge is 0.317 e. The zero-order valence-electron chi connectivity index (χ0n) is 11.0. The minimum atomic E-state index is -0.870. The zero-order chi connectivity index (χ0) is 14.5. The quantitative estimate of drug-likeness (QED) is 0.871. The first kappa shape index (κ1) is 14.4. The molecule has 0 unspecified atom stereocenters. The second kappa shape index (κ2) is 6.42. The molecule has 2 heterocycles. The maximum Gasteiger partial charge on any atom is 0.317 e. The number of carboxylic acids is 1. The summed E-state index contributed by atoms with van der Waals surface area (Å²) in [6.07, 6.45) is 1.72. The van der Waals surface area contributed by atoms with Gasteiger partial charge in [0.25, 0.3) is 5.91 Å². The van der Waals surface area contributed by atoms with Crippen molar-refractivity contribution in [2.24, 2.45) is 0 Å². The lowest BCUT2D eigenvalue weighted by molar-refractivity contribution is -0.138. The van der Waals surface area contributed by atoms with Gasteiger partial charge in [0.15, 0.2) is 0 Å². The SMILES string of the molecule is O=C(O)CN1CCCN(C(=O)c2ccc(F)cn2)CC1. The average Bonchev–Trinajstić information content (AvgIpc) is 2.64. The summed E-state index contributed by atoms with van der Waals surface area (Å²) in [7, 11) is 0. The second-order valence-corrected chi connectivity index (χ2v) is 4.68. The van der Waals surface area contributed by atoms with Crippen molar-refractivity contribution in [1.82, 2.24) is 14.8 Å². The number of rotatable bonds is 3. The van der Waals surface area contributed by atoms with E-state index < -0.39 is 11.8 Å². The molecule has 1 aliphatic rings. The van der Waals surface area contributed by atoms with Gasteiger partial charge in [0.05, 0.1) is 12.7 Å². The number of pyridine rings is 1. The van der Waals surface area contributed by atoms with Crippen LogP contribution in [0.1, 0.15) is 16.9 Å². The van der Waals surface area contributed by atoms with Crippen LogP contribution in [-0.2, 0) is 4.79 Å². The van der Waals surface area contributed by atoms with Crippen molar-refractivity contribution in [2.45, 2.75) is 6.42 Å². The standard InChI is InChI=1S/C13H16FN3O3/c14-10-2-3-11(15-8-10)13(20)17-5-1-4-16(6-7-17)9-12(18)19/h2-3,8H,1,4-7,9H2,(H,18,19). The Morgan fingerprint density at radius 2 is 2.05 bits per heavy atom. The number of carbonyl (C=O) groups excluding carboxylic acids is 1. The molecule has 0 atom stereocenters. The Hall–Kier alpha value is -2.02. The van der Waals surface area contributed by atoms with Crippen LogP contribution < -0.4 is 0 Å². The van der Waals surface area contributed by atoms with Gasteiger partial charge in [-0.05, 0) is 18.6 Å². The van der Waals surface area contributed by atoms with Crippen LogP contribution in [0, 0.1) is 5.82 Å². The monoisotopic (exact) mass is 281 g/mol. The third-order valence-electron chi connectivity index (χ3n) is 3.18. The van der Waals surface area contributed by atoms with Gasteiger partial charge in [-0.2, -0.15) is 0 Å². The summed E-state index contributed by atoms with van der Waals surface area (Å²) in [4.78, 5) is 30.1. The lowest BCUT2D eigenvalue weighted by Gasteiger charge is -2.20. The molecule has 1 amide bonds. The van der Waals surface area contributed by atoms with Crippen LogP contribution in [0.25, 0.3) is 0 Å². The van der Waals surface area contributed by atoms with Crippen molar-refractivity contribution in [3.8, 4) is 0 Å². The summed E-state index contributed by atoms with van der Waals surface area (Å²) >= 11 is 0. The molecule has 0 bridgehead atoms. The molecule has 1 aliphatic heterocycles. The summed E-state index contributed by atoms with van der Waals surface area (Å²) in [5.74, 6) is -1.60. The van der Waals surface area contributed by atoms with Crippen molar-refractivity contribution < 1.29 is 19.1 Å². The van der Waals surface area contributed by atoms with E-state index in [-0.39, 0.29) is 18.1 Å². The van der Waals surface area contributed by atoms with Crippen LogP contribution in [-0.4, -0.2) is 64.5 Å². The summed E-state index contributed by atoms with van der Waals surface area (Å²) in [5.41, 5.74) is 0.207. The topological polar surface area (TPSA) is 73.7 Å². The highest BCUT2D eigenvalue weighted by Gasteiger charge is 2.21. The van der Waals surface area contributed by atoms with Crippen LogP contribution in [0.3, 0.4) is 0 Å². The fraction of sp³-hybridized carbons (Fsp3) is 0.462. The number of halogens is 1. The predicted molar refractivity (Wildman–Crippen MR) is 68.8 cm³/mol. The van der Waals surface area contributed by atoms with Crippen molar-refractivity contribution in [1.29, 1.82) is 0 Å². The maximum atomic E-state index is 12.8. The summed E-state index contributed by atoms with van der Waals surface area (Å²) in [5, 5.41) is 8.77. The molecular weight excluding hydrogens is 265 g/mol. The van der Waals surface area contributed by atoms with E-state index in [1.54, 1.807) is 9.80 Å². The van der Waals surface area contributed by atoms with Crippen LogP contribution in [0.15, 0.2) is 18.3 Å². The molecule has 6 nitrogen and oxygen atoms in total. The third-order valence-corrected chi connectivity index (χ3v) is 3.18. The number of amides is 1. The first-order valence-electron chi connectivity index (χ1n) is 6.41. The predicted octanol–water partition coefficient (Wildman–Crippen LogP) is 0.453. The van der Waals surface area contributed by atoms with Gasteiger partial charge in [0.2, 0.25) is 0 Å². The number of aromatic nitrogens is 1.